The molecule has 5 heteroatoms. The zero-order valence-electron chi connectivity index (χ0n) is 15.2. The summed E-state index contributed by atoms with van der Waals surface area (Å²) in [5.74, 6) is -0.393. The van der Waals surface area contributed by atoms with Crippen LogP contribution in [0.2, 0.25) is 0 Å². The van der Waals surface area contributed by atoms with Crippen molar-refractivity contribution in [3.05, 3.63) is 45.2 Å². The molecule has 0 amide bonds. The van der Waals surface area contributed by atoms with Crippen LogP contribution in [-0.2, 0) is 11.3 Å². The second-order valence-corrected chi connectivity index (χ2v) is 6.85. The fourth-order valence-corrected chi connectivity index (χ4v) is 3.58. The van der Waals surface area contributed by atoms with E-state index in [4.69, 9.17) is 4.74 Å². The van der Waals surface area contributed by atoms with Crippen LogP contribution in [0.3, 0.4) is 0 Å². The summed E-state index contributed by atoms with van der Waals surface area (Å²) in [5.41, 5.74) is 2.88. The summed E-state index contributed by atoms with van der Waals surface area (Å²) in [4.78, 5) is 30.7. The van der Waals surface area contributed by atoms with Gasteiger partial charge in [0, 0.05) is 34.7 Å². The lowest BCUT2D eigenvalue weighted by Gasteiger charge is -2.33. The number of nitrogens with zero attached hydrogens (tertiary/aromatic N) is 1. The van der Waals surface area contributed by atoms with Gasteiger partial charge < -0.3 is 9.72 Å². The minimum atomic E-state index is -0.393. The minimum Gasteiger partial charge on any atom is -0.462 e. The Hall–Kier alpha value is -2.14. The van der Waals surface area contributed by atoms with Gasteiger partial charge in [-0.15, -0.1) is 0 Å². The second-order valence-electron chi connectivity index (χ2n) is 6.85. The van der Waals surface area contributed by atoms with Crippen molar-refractivity contribution in [1.29, 1.82) is 0 Å². The van der Waals surface area contributed by atoms with Crippen LogP contribution in [0.25, 0.3) is 10.9 Å². The molecule has 0 saturated carbocycles. The van der Waals surface area contributed by atoms with Gasteiger partial charge in [-0.1, -0.05) is 6.42 Å². The van der Waals surface area contributed by atoms with E-state index in [0.29, 0.717) is 30.1 Å². The number of piperidine rings is 1. The van der Waals surface area contributed by atoms with Crippen molar-refractivity contribution in [2.75, 3.05) is 13.2 Å². The third-order valence-electron chi connectivity index (χ3n) is 5.13. The molecule has 1 aromatic carbocycles. The summed E-state index contributed by atoms with van der Waals surface area (Å²) in [6.07, 6.45) is 3.62. The predicted molar refractivity (Wildman–Crippen MR) is 99.0 cm³/mol. The smallest absolute Gasteiger partial charge is 0.338 e. The standard InChI is InChI=1S/C20H26N2O3/c1-4-25-20(24)15-8-9-18-16(11-15)19(23)17(14(3)21-18)12-22-10-6-5-7-13(22)2/h8-9,11,13H,4-7,10,12H2,1-3H3,(H,21,23)/t13-/m0/s1. The molecule has 0 unspecified atom stereocenters. The molecule has 1 N–H and O–H groups in total. The molecule has 3 rings (SSSR count). The van der Waals surface area contributed by atoms with E-state index in [1.807, 2.05) is 6.92 Å². The first kappa shape index (κ1) is 17.7. The fourth-order valence-electron chi connectivity index (χ4n) is 3.58. The Labute approximate surface area is 148 Å². The van der Waals surface area contributed by atoms with E-state index in [1.54, 1.807) is 25.1 Å². The number of aromatic nitrogens is 1. The maximum absolute atomic E-state index is 13.1. The summed E-state index contributed by atoms with van der Waals surface area (Å²) in [5, 5.41) is 0.552. The number of fused-ring (bicyclic) bond motifs is 1. The maximum Gasteiger partial charge on any atom is 0.338 e. The normalized spacial score (nSPS) is 18.4. The zero-order valence-corrected chi connectivity index (χ0v) is 15.2. The molecule has 0 radical (unpaired) electrons. The molecule has 1 aromatic heterocycles. The van der Waals surface area contributed by atoms with E-state index >= 15 is 0 Å². The molecule has 25 heavy (non-hydrogen) atoms. The summed E-state index contributed by atoms with van der Waals surface area (Å²) >= 11 is 0. The highest BCUT2D eigenvalue weighted by Crippen LogP contribution is 2.20. The van der Waals surface area contributed by atoms with E-state index < -0.39 is 5.97 Å². The number of rotatable bonds is 4. The summed E-state index contributed by atoms with van der Waals surface area (Å²) in [6.45, 7) is 7.95. The molecular formula is C20H26N2O3. The van der Waals surface area contributed by atoms with E-state index in [1.165, 1.54) is 19.3 Å². The van der Waals surface area contributed by atoms with E-state index in [9.17, 15) is 9.59 Å². The first-order valence-electron chi connectivity index (χ1n) is 9.08. The number of pyridine rings is 1. The molecule has 2 heterocycles. The monoisotopic (exact) mass is 342 g/mol. The van der Waals surface area contributed by atoms with Crippen molar-refractivity contribution in [3.8, 4) is 0 Å². The molecule has 2 aromatic rings. The predicted octanol–water partition coefficient (Wildman–Crippen LogP) is 3.39. The van der Waals surface area contributed by atoms with Gasteiger partial charge in [-0.2, -0.15) is 0 Å². The maximum atomic E-state index is 13.1. The van der Waals surface area contributed by atoms with Crippen molar-refractivity contribution < 1.29 is 9.53 Å². The van der Waals surface area contributed by atoms with Gasteiger partial charge in [-0.05, 0) is 58.4 Å². The molecule has 0 bridgehead atoms. The quantitative estimate of drug-likeness (QED) is 0.865. The van der Waals surface area contributed by atoms with Crippen molar-refractivity contribution in [3.63, 3.8) is 0 Å². The molecule has 5 nitrogen and oxygen atoms in total. The minimum absolute atomic E-state index is 0.00942. The van der Waals surface area contributed by atoms with Gasteiger partial charge in [0.05, 0.1) is 12.2 Å². The van der Waals surface area contributed by atoms with E-state index in [-0.39, 0.29) is 5.43 Å². The summed E-state index contributed by atoms with van der Waals surface area (Å²) in [6, 6.07) is 5.62. The highest BCUT2D eigenvalue weighted by molar-refractivity contribution is 5.94. The van der Waals surface area contributed by atoms with Gasteiger partial charge in [-0.25, -0.2) is 4.79 Å². The average Bonchev–Trinajstić information content (AvgIpc) is 2.60. The number of ether oxygens (including phenoxy) is 1. The van der Waals surface area contributed by atoms with E-state index in [2.05, 4.69) is 16.8 Å². The van der Waals surface area contributed by atoms with Crippen LogP contribution in [0.15, 0.2) is 23.0 Å². The van der Waals surface area contributed by atoms with Gasteiger partial charge in [-0.3, -0.25) is 9.69 Å². The first-order chi connectivity index (χ1) is 12.0. The largest absolute Gasteiger partial charge is 0.462 e. The van der Waals surface area contributed by atoms with Crippen molar-refractivity contribution in [2.45, 2.75) is 52.6 Å². The molecule has 134 valence electrons. The Kier molecular flexibility index (Phi) is 5.23. The van der Waals surface area contributed by atoms with Gasteiger partial charge in [0.1, 0.15) is 0 Å². The fraction of sp³-hybridized carbons (Fsp3) is 0.500. The lowest BCUT2D eigenvalue weighted by molar-refractivity contribution is 0.0526. The molecule has 1 aliphatic heterocycles. The molecule has 1 fully saturated rings. The van der Waals surface area contributed by atoms with Gasteiger partial charge in [0.2, 0.25) is 0 Å². The Bertz CT molecular complexity index is 841. The number of esters is 1. The third kappa shape index (κ3) is 3.61. The van der Waals surface area contributed by atoms with Crippen LogP contribution in [0, 0.1) is 6.92 Å². The summed E-state index contributed by atoms with van der Waals surface area (Å²) < 4.78 is 5.05. The molecule has 1 atom stereocenters. The molecule has 1 aliphatic rings. The van der Waals surface area contributed by atoms with E-state index in [0.717, 1.165) is 23.3 Å². The topological polar surface area (TPSA) is 62.4 Å². The molecule has 0 aliphatic carbocycles. The number of hydrogen-bond donors (Lipinski definition) is 1. The highest BCUT2D eigenvalue weighted by atomic mass is 16.5. The number of likely N-dealkylation sites (tertiary alicyclic amines) is 1. The zero-order chi connectivity index (χ0) is 18.0. The third-order valence-corrected chi connectivity index (χ3v) is 5.13. The van der Waals surface area contributed by atoms with Gasteiger partial charge >= 0.3 is 5.97 Å². The van der Waals surface area contributed by atoms with Crippen LogP contribution < -0.4 is 5.43 Å². The highest BCUT2D eigenvalue weighted by Gasteiger charge is 2.21. The number of carbonyl (C=O) groups excluding carboxylic acids is 1. The molecular weight excluding hydrogens is 316 g/mol. The van der Waals surface area contributed by atoms with Crippen molar-refractivity contribution in [2.24, 2.45) is 0 Å². The number of carbonyl (C=O) groups is 1. The molecule has 1 saturated heterocycles. The average molecular weight is 342 g/mol. The lowest BCUT2D eigenvalue weighted by Crippen LogP contribution is -2.38. The Morgan fingerprint density at radius 2 is 2.16 bits per heavy atom. The Morgan fingerprint density at radius 3 is 2.88 bits per heavy atom. The summed E-state index contributed by atoms with van der Waals surface area (Å²) in [7, 11) is 0. The molecule has 0 spiro atoms. The Balaban J connectivity index is 2.00. The number of aryl methyl sites for hydroxylation is 1. The van der Waals surface area contributed by atoms with Gasteiger partial charge in [0.15, 0.2) is 5.43 Å². The number of benzene rings is 1. The number of H-pyrrole nitrogens is 1. The van der Waals surface area contributed by atoms with Crippen LogP contribution >= 0.6 is 0 Å². The lowest BCUT2D eigenvalue weighted by atomic mass is 10.0. The number of aromatic amines is 1. The van der Waals surface area contributed by atoms with Crippen molar-refractivity contribution in [1.82, 2.24) is 9.88 Å². The Morgan fingerprint density at radius 1 is 1.36 bits per heavy atom. The second kappa shape index (κ2) is 7.40. The first-order valence-corrected chi connectivity index (χ1v) is 9.08. The van der Waals surface area contributed by atoms with Crippen LogP contribution in [0.5, 0.6) is 0 Å². The number of nitrogens with one attached hydrogen (secondary N) is 1. The van der Waals surface area contributed by atoms with Gasteiger partial charge in [0.25, 0.3) is 0 Å². The van der Waals surface area contributed by atoms with Crippen LogP contribution in [-0.4, -0.2) is 35.0 Å². The van der Waals surface area contributed by atoms with Crippen LogP contribution in [0.4, 0.5) is 0 Å². The SMILES string of the molecule is CCOC(=O)c1ccc2[nH]c(C)c(CN3CCCC[C@@H]3C)c(=O)c2c1. The van der Waals surface area contributed by atoms with Crippen LogP contribution in [0.1, 0.15) is 54.7 Å². The number of hydrogen-bond acceptors (Lipinski definition) is 4. The van der Waals surface area contributed by atoms with Crippen molar-refractivity contribution >= 4 is 16.9 Å².